The van der Waals surface area contributed by atoms with E-state index in [4.69, 9.17) is 5.84 Å². The highest BCUT2D eigenvalue weighted by Gasteiger charge is 2.14. The number of nitrogens with zero attached hydrogens (tertiary/aromatic N) is 3. The summed E-state index contributed by atoms with van der Waals surface area (Å²) in [5.41, 5.74) is 4.23. The van der Waals surface area contributed by atoms with Crippen LogP contribution in [0.1, 0.15) is 17.3 Å². The van der Waals surface area contributed by atoms with Crippen molar-refractivity contribution in [1.82, 2.24) is 20.4 Å². The summed E-state index contributed by atoms with van der Waals surface area (Å²) in [6.07, 6.45) is 2.35. The molecule has 1 aromatic heterocycles. The number of benzene rings is 1. The fraction of sp³-hybridized carbons (Fsp3) is 0.273. The molecule has 0 aliphatic heterocycles. The summed E-state index contributed by atoms with van der Waals surface area (Å²) < 4.78 is 15.5. The van der Waals surface area contributed by atoms with Gasteiger partial charge in [-0.05, 0) is 33.6 Å². The molecule has 18 heavy (non-hydrogen) atoms. The van der Waals surface area contributed by atoms with E-state index in [0.717, 1.165) is 11.3 Å². The Bertz CT molecular complexity index is 542. The van der Waals surface area contributed by atoms with Crippen LogP contribution in [0.2, 0.25) is 0 Å². The molecule has 96 valence electrons. The van der Waals surface area contributed by atoms with Gasteiger partial charge in [-0.1, -0.05) is 11.3 Å². The SMILES string of the molecule is Cn1cc(CC(NN)c2ccc(Br)c(F)c2)nn1. The zero-order chi connectivity index (χ0) is 13.1. The molecule has 0 radical (unpaired) electrons. The lowest BCUT2D eigenvalue weighted by atomic mass is 10.0. The zero-order valence-corrected chi connectivity index (χ0v) is 11.4. The van der Waals surface area contributed by atoms with Gasteiger partial charge in [-0.3, -0.25) is 16.0 Å². The Kier molecular flexibility index (Phi) is 4.05. The second kappa shape index (κ2) is 5.55. The van der Waals surface area contributed by atoms with E-state index in [1.807, 2.05) is 6.07 Å². The van der Waals surface area contributed by atoms with Crippen molar-refractivity contribution < 1.29 is 4.39 Å². The molecule has 1 unspecified atom stereocenters. The molecule has 0 aliphatic carbocycles. The lowest BCUT2D eigenvalue weighted by molar-refractivity contribution is 0.538. The number of aryl methyl sites for hydroxylation is 1. The predicted octanol–water partition coefficient (Wildman–Crippen LogP) is 1.46. The van der Waals surface area contributed by atoms with E-state index in [2.05, 4.69) is 31.7 Å². The summed E-state index contributed by atoms with van der Waals surface area (Å²) in [7, 11) is 1.79. The van der Waals surface area contributed by atoms with Crippen molar-refractivity contribution in [3.8, 4) is 0 Å². The van der Waals surface area contributed by atoms with Gasteiger partial charge < -0.3 is 0 Å². The summed E-state index contributed by atoms with van der Waals surface area (Å²) in [6, 6.07) is 4.72. The van der Waals surface area contributed by atoms with Gasteiger partial charge >= 0.3 is 0 Å². The summed E-state index contributed by atoms with van der Waals surface area (Å²) in [5.74, 6) is 5.20. The molecule has 0 bridgehead atoms. The maximum atomic E-state index is 13.5. The molecule has 0 fully saturated rings. The highest BCUT2D eigenvalue weighted by Crippen LogP contribution is 2.22. The van der Waals surface area contributed by atoms with Crippen molar-refractivity contribution in [3.05, 3.63) is 45.9 Å². The highest BCUT2D eigenvalue weighted by atomic mass is 79.9. The molecule has 7 heteroatoms. The molecule has 5 nitrogen and oxygen atoms in total. The number of aromatic nitrogens is 3. The van der Waals surface area contributed by atoms with Gasteiger partial charge in [-0.25, -0.2) is 4.39 Å². The lowest BCUT2D eigenvalue weighted by Crippen LogP contribution is -2.29. The fourth-order valence-electron chi connectivity index (χ4n) is 1.70. The van der Waals surface area contributed by atoms with Crippen molar-refractivity contribution in [1.29, 1.82) is 0 Å². The van der Waals surface area contributed by atoms with Crippen LogP contribution in [0.5, 0.6) is 0 Å². The standard InChI is InChI=1S/C11H13BrFN5/c1-18-6-8(16-17-18)5-11(15-14)7-2-3-9(12)10(13)4-7/h2-4,6,11,15H,5,14H2,1H3. The van der Waals surface area contributed by atoms with Crippen molar-refractivity contribution in [2.45, 2.75) is 12.5 Å². The Hall–Kier alpha value is -1.31. The number of hydrazine groups is 1. The van der Waals surface area contributed by atoms with Crippen molar-refractivity contribution >= 4 is 15.9 Å². The Morgan fingerprint density at radius 3 is 2.89 bits per heavy atom. The fourth-order valence-corrected chi connectivity index (χ4v) is 1.95. The van der Waals surface area contributed by atoms with E-state index >= 15 is 0 Å². The molecular formula is C11H13BrFN5. The largest absolute Gasteiger partial charge is 0.271 e. The highest BCUT2D eigenvalue weighted by molar-refractivity contribution is 9.10. The normalized spacial score (nSPS) is 12.7. The number of nitrogens with one attached hydrogen (secondary N) is 1. The maximum Gasteiger partial charge on any atom is 0.137 e. The first-order valence-electron chi connectivity index (χ1n) is 5.36. The molecule has 1 atom stereocenters. The Balaban J connectivity index is 2.19. The predicted molar refractivity (Wildman–Crippen MR) is 68.9 cm³/mol. The van der Waals surface area contributed by atoms with E-state index in [0.29, 0.717) is 10.9 Å². The Morgan fingerprint density at radius 2 is 2.33 bits per heavy atom. The van der Waals surface area contributed by atoms with Crippen LogP contribution in [0.4, 0.5) is 4.39 Å². The van der Waals surface area contributed by atoms with E-state index in [9.17, 15) is 4.39 Å². The van der Waals surface area contributed by atoms with Crippen LogP contribution in [0, 0.1) is 5.82 Å². The Labute approximate surface area is 112 Å². The van der Waals surface area contributed by atoms with Crippen molar-refractivity contribution in [3.63, 3.8) is 0 Å². The van der Waals surface area contributed by atoms with Gasteiger partial charge in [-0.2, -0.15) is 0 Å². The van der Waals surface area contributed by atoms with Crippen LogP contribution in [0.25, 0.3) is 0 Å². The van der Waals surface area contributed by atoms with Gasteiger partial charge in [0, 0.05) is 19.7 Å². The van der Waals surface area contributed by atoms with Gasteiger partial charge in [0.15, 0.2) is 0 Å². The Morgan fingerprint density at radius 1 is 1.56 bits per heavy atom. The van der Waals surface area contributed by atoms with Gasteiger partial charge in [0.25, 0.3) is 0 Å². The minimum absolute atomic E-state index is 0.204. The third-order valence-corrected chi connectivity index (χ3v) is 3.25. The second-order valence-corrected chi connectivity index (χ2v) is 4.83. The minimum Gasteiger partial charge on any atom is -0.271 e. The molecule has 0 spiro atoms. The second-order valence-electron chi connectivity index (χ2n) is 3.98. The van der Waals surface area contributed by atoms with Gasteiger partial charge in [-0.15, -0.1) is 5.10 Å². The van der Waals surface area contributed by atoms with Crippen LogP contribution in [0.3, 0.4) is 0 Å². The van der Waals surface area contributed by atoms with Crippen LogP contribution in [0.15, 0.2) is 28.9 Å². The number of hydrogen-bond donors (Lipinski definition) is 2. The molecule has 1 heterocycles. The summed E-state index contributed by atoms with van der Waals surface area (Å²) in [5, 5.41) is 7.83. The minimum atomic E-state index is -0.313. The molecule has 0 aliphatic rings. The number of nitrogens with two attached hydrogens (primary N) is 1. The summed E-state index contributed by atoms with van der Waals surface area (Å²) in [4.78, 5) is 0. The summed E-state index contributed by atoms with van der Waals surface area (Å²) >= 11 is 3.12. The third-order valence-electron chi connectivity index (χ3n) is 2.61. The van der Waals surface area contributed by atoms with Gasteiger partial charge in [0.05, 0.1) is 16.2 Å². The van der Waals surface area contributed by atoms with Crippen LogP contribution in [-0.4, -0.2) is 15.0 Å². The number of rotatable bonds is 4. The maximum absolute atomic E-state index is 13.5. The van der Waals surface area contributed by atoms with Crippen LogP contribution in [-0.2, 0) is 13.5 Å². The van der Waals surface area contributed by atoms with E-state index < -0.39 is 0 Å². The molecule has 0 saturated carbocycles. The van der Waals surface area contributed by atoms with E-state index in [-0.39, 0.29) is 11.9 Å². The first-order chi connectivity index (χ1) is 8.60. The van der Waals surface area contributed by atoms with Gasteiger partial charge in [0.2, 0.25) is 0 Å². The first kappa shape index (κ1) is 13.1. The molecule has 2 aromatic rings. The summed E-state index contributed by atoms with van der Waals surface area (Å²) in [6.45, 7) is 0. The first-order valence-corrected chi connectivity index (χ1v) is 6.15. The molecule has 0 saturated heterocycles. The lowest BCUT2D eigenvalue weighted by Gasteiger charge is -2.15. The van der Waals surface area contributed by atoms with Crippen molar-refractivity contribution in [2.75, 3.05) is 0 Å². The number of halogens is 2. The molecule has 1 aromatic carbocycles. The quantitative estimate of drug-likeness (QED) is 0.662. The monoisotopic (exact) mass is 313 g/mol. The van der Waals surface area contributed by atoms with Crippen LogP contribution < -0.4 is 11.3 Å². The molecule has 0 amide bonds. The van der Waals surface area contributed by atoms with Gasteiger partial charge in [0.1, 0.15) is 5.82 Å². The number of hydrogen-bond acceptors (Lipinski definition) is 4. The average molecular weight is 314 g/mol. The molecule has 2 rings (SSSR count). The van der Waals surface area contributed by atoms with Crippen molar-refractivity contribution in [2.24, 2.45) is 12.9 Å². The van der Waals surface area contributed by atoms with E-state index in [1.54, 1.807) is 24.0 Å². The average Bonchev–Trinajstić information content (AvgIpc) is 2.75. The third kappa shape index (κ3) is 2.92. The molecule has 3 N–H and O–H groups in total. The smallest absolute Gasteiger partial charge is 0.137 e. The topological polar surface area (TPSA) is 68.8 Å². The zero-order valence-electron chi connectivity index (χ0n) is 9.77. The van der Waals surface area contributed by atoms with Crippen LogP contribution >= 0.6 is 15.9 Å². The molecular weight excluding hydrogens is 301 g/mol. The van der Waals surface area contributed by atoms with E-state index in [1.165, 1.54) is 6.07 Å².